The van der Waals surface area contributed by atoms with Gasteiger partial charge < -0.3 is 14.8 Å². The highest BCUT2D eigenvalue weighted by Crippen LogP contribution is 2.05. The third kappa shape index (κ3) is 5.01. The molecule has 1 heterocycles. The van der Waals surface area contributed by atoms with Crippen LogP contribution in [0.3, 0.4) is 0 Å². The molecule has 18 heavy (non-hydrogen) atoms. The number of nitrogens with zero attached hydrogens (tertiary/aromatic N) is 1. The molecule has 0 spiro atoms. The number of rotatable bonds is 7. The first-order chi connectivity index (χ1) is 8.67. The summed E-state index contributed by atoms with van der Waals surface area (Å²) in [5.74, 6) is 0.0264. The summed E-state index contributed by atoms with van der Waals surface area (Å²) in [6.07, 6.45) is 1.31. The Bertz CT molecular complexity index is 283. The maximum atomic E-state index is 11.7. The lowest BCUT2D eigenvalue weighted by Crippen LogP contribution is -2.41. The van der Waals surface area contributed by atoms with E-state index in [1.54, 1.807) is 7.11 Å². The number of hydrogen-bond acceptors (Lipinski definition) is 5. The molecule has 0 aromatic rings. The van der Waals surface area contributed by atoms with Crippen LogP contribution in [-0.2, 0) is 14.3 Å². The van der Waals surface area contributed by atoms with E-state index in [9.17, 15) is 9.59 Å². The molecule has 1 saturated heterocycles. The minimum absolute atomic E-state index is 0.0264. The van der Waals surface area contributed by atoms with Gasteiger partial charge in [0.2, 0.25) is 0 Å². The average molecular weight is 258 g/mol. The number of alkyl carbamates (subject to hydrolysis) is 1. The summed E-state index contributed by atoms with van der Waals surface area (Å²) >= 11 is 0. The topological polar surface area (TPSA) is 67.9 Å². The molecule has 0 saturated carbocycles. The van der Waals surface area contributed by atoms with Crippen molar-refractivity contribution in [3.8, 4) is 0 Å². The van der Waals surface area contributed by atoms with Gasteiger partial charge in [-0.05, 0) is 6.42 Å². The number of ketones is 1. The Morgan fingerprint density at radius 1 is 1.50 bits per heavy atom. The van der Waals surface area contributed by atoms with Crippen molar-refractivity contribution in [3.63, 3.8) is 0 Å². The van der Waals surface area contributed by atoms with Crippen LogP contribution in [0.1, 0.15) is 19.8 Å². The van der Waals surface area contributed by atoms with E-state index in [-0.39, 0.29) is 5.78 Å². The molecular formula is C12H22N2O4. The third-order valence-electron chi connectivity index (χ3n) is 2.84. The minimum atomic E-state index is -0.504. The van der Waals surface area contributed by atoms with Crippen molar-refractivity contribution in [2.24, 2.45) is 0 Å². The van der Waals surface area contributed by atoms with E-state index in [1.165, 1.54) is 0 Å². The molecular weight excluding hydrogens is 236 g/mol. The zero-order valence-electron chi connectivity index (χ0n) is 11.1. The molecule has 1 unspecified atom stereocenters. The number of methoxy groups -OCH3 is 1. The predicted molar refractivity (Wildman–Crippen MR) is 66.5 cm³/mol. The summed E-state index contributed by atoms with van der Waals surface area (Å²) in [6, 6.07) is -0.448. The lowest BCUT2D eigenvalue weighted by atomic mass is 10.2. The van der Waals surface area contributed by atoms with Gasteiger partial charge in [-0.15, -0.1) is 0 Å². The Balaban J connectivity index is 2.25. The van der Waals surface area contributed by atoms with Crippen LogP contribution in [-0.4, -0.2) is 62.8 Å². The Kier molecular flexibility index (Phi) is 6.67. The first-order valence-electron chi connectivity index (χ1n) is 6.34. The molecule has 0 aromatic carbocycles. The van der Waals surface area contributed by atoms with Gasteiger partial charge in [0, 0.05) is 20.2 Å². The monoisotopic (exact) mass is 258 g/mol. The van der Waals surface area contributed by atoms with Crippen LogP contribution in [0, 0.1) is 0 Å². The molecule has 1 N–H and O–H groups in total. The molecule has 0 bridgehead atoms. The summed E-state index contributed by atoms with van der Waals surface area (Å²) in [5.41, 5.74) is 0. The van der Waals surface area contributed by atoms with Gasteiger partial charge in [-0.25, -0.2) is 4.79 Å². The van der Waals surface area contributed by atoms with Gasteiger partial charge in [0.15, 0.2) is 5.78 Å². The number of ether oxygens (including phenoxy) is 2. The molecule has 0 radical (unpaired) electrons. The maximum absolute atomic E-state index is 11.7. The molecule has 1 amide bonds. The van der Waals surface area contributed by atoms with Crippen LogP contribution < -0.4 is 5.32 Å². The second-order valence-corrected chi connectivity index (χ2v) is 4.38. The molecule has 104 valence electrons. The van der Waals surface area contributed by atoms with E-state index in [0.717, 1.165) is 12.8 Å². The van der Waals surface area contributed by atoms with Crippen molar-refractivity contribution in [1.82, 2.24) is 10.2 Å². The number of amides is 1. The van der Waals surface area contributed by atoms with Gasteiger partial charge in [-0.2, -0.15) is 0 Å². The predicted octanol–water partition coefficient (Wildman–Crippen LogP) is 0.412. The summed E-state index contributed by atoms with van der Waals surface area (Å²) in [5, 5.41) is 2.60. The molecule has 1 aliphatic rings. The highest BCUT2D eigenvalue weighted by Gasteiger charge is 2.31. The van der Waals surface area contributed by atoms with Crippen LogP contribution >= 0.6 is 0 Å². The Labute approximate surface area is 108 Å². The minimum Gasteiger partial charge on any atom is -0.450 e. The highest BCUT2D eigenvalue weighted by atomic mass is 16.5. The van der Waals surface area contributed by atoms with Crippen LogP contribution in [0.4, 0.5) is 4.79 Å². The van der Waals surface area contributed by atoms with Gasteiger partial charge in [-0.3, -0.25) is 9.69 Å². The standard InChI is InChI=1S/C12H22N2O4/c1-3-4-6-18-12(16)13-10-8-14(5-7-17-2)9-11(10)15/h10H,3-9H2,1-2H3,(H,13,16). The quantitative estimate of drug-likeness (QED) is 0.670. The van der Waals surface area contributed by atoms with Crippen molar-refractivity contribution in [3.05, 3.63) is 0 Å². The van der Waals surface area contributed by atoms with Gasteiger partial charge in [0.1, 0.15) is 6.04 Å². The van der Waals surface area contributed by atoms with Crippen molar-refractivity contribution >= 4 is 11.9 Å². The number of Topliss-reactive ketones (excluding diaryl/α,β-unsaturated/α-hetero) is 1. The number of hydrogen-bond donors (Lipinski definition) is 1. The van der Waals surface area contributed by atoms with Crippen LogP contribution in [0.25, 0.3) is 0 Å². The Morgan fingerprint density at radius 2 is 2.28 bits per heavy atom. The number of likely N-dealkylation sites (tertiary alicyclic amines) is 1. The zero-order chi connectivity index (χ0) is 13.4. The van der Waals surface area contributed by atoms with E-state index in [4.69, 9.17) is 9.47 Å². The van der Waals surface area contributed by atoms with Crippen molar-refractivity contribution in [2.75, 3.05) is 40.0 Å². The maximum Gasteiger partial charge on any atom is 0.407 e. The van der Waals surface area contributed by atoms with E-state index in [1.807, 2.05) is 11.8 Å². The van der Waals surface area contributed by atoms with Crippen molar-refractivity contribution < 1.29 is 19.1 Å². The van der Waals surface area contributed by atoms with Gasteiger partial charge >= 0.3 is 6.09 Å². The molecule has 0 aliphatic carbocycles. The van der Waals surface area contributed by atoms with Crippen LogP contribution in [0.5, 0.6) is 0 Å². The largest absolute Gasteiger partial charge is 0.450 e. The van der Waals surface area contributed by atoms with E-state index < -0.39 is 12.1 Å². The first kappa shape index (κ1) is 14.9. The lowest BCUT2D eigenvalue weighted by Gasteiger charge is -2.14. The van der Waals surface area contributed by atoms with E-state index >= 15 is 0 Å². The van der Waals surface area contributed by atoms with Gasteiger partial charge in [-0.1, -0.05) is 13.3 Å². The fraction of sp³-hybridized carbons (Fsp3) is 0.833. The van der Waals surface area contributed by atoms with Crippen LogP contribution in [0.15, 0.2) is 0 Å². The normalized spacial score (nSPS) is 20.1. The highest BCUT2D eigenvalue weighted by molar-refractivity contribution is 5.91. The van der Waals surface area contributed by atoms with E-state index in [0.29, 0.717) is 32.8 Å². The first-order valence-corrected chi connectivity index (χ1v) is 6.34. The van der Waals surface area contributed by atoms with E-state index in [2.05, 4.69) is 5.32 Å². The Hall–Kier alpha value is -1.14. The number of carbonyl (C=O) groups excluding carboxylic acids is 2. The lowest BCUT2D eigenvalue weighted by molar-refractivity contribution is -0.118. The fourth-order valence-corrected chi connectivity index (χ4v) is 1.77. The SMILES string of the molecule is CCCCOC(=O)NC1CN(CCOC)CC1=O. The van der Waals surface area contributed by atoms with Crippen molar-refractivity contribution in [2.45, 2.75) is 25.8 Å². The summed E-state index contributed by atoms with van der Waals surface area (Å²) in [7, 11) is 1.62. The fourth-order valence-electron chi connectivity index (χ4n) is 1.77. The molecule has 0 aromatic heterocycles. The second kappa shape index (κ2) is 8.05. The molecule has 1 atom stereocenters. The summed E-state index contributed by atoms with van der Waals surface area (Å²) < 4.78 is 9.92. The molecule has 1 aliphatic heterocycles. The zero-order valence-corrected chi connectivity index (χ0v) is 11.1. The second-order valence-electron chi connectivity index (χ2n) is 4.38. The van der Waals surface area contributed by atoms with Crippen molar-refractivity contribution in [1.29, 1.82) is 0 Å². The van der Waals surface area contributed by atoms with Gasteiger partial charge in [0.25, 0.3) is 0 Å². The molecule has 1 fully saturated rings. The molecule has 6 nitrogen and oxygen atoms in total. The molecule has 6 heteroatoms. The number of nitrogens with one attached hydrogen (secondary N) is 1. The smallest absolute Gasteiger partial charge is 0.407 e. The third-order valence-corrected chi connectivity index (χ3v) is 2.84. The average Bonchev–Trinajstić information content (AvgIpc) is 2.68. The number of carbonyl (C=O) groups is 2. The van der Waals surface area contributed by atoms with Crippen LogP contribution in [0.2, 0.25) is 0 Å². The van der Waals surface area contributed by atoms with Gasteiger partial charge in [0.05, 0.1) is 19.8 Å². The summed E-state index contributed by atoms with van der Waals surface area (Å²) in [6.45, 7) is 4.60. The number of unbranched alkanes of at least 4 members (excludes halogenated alkanes) is 1. The summed E-state index contributed by atoms with van der Waals surface area (Å²) in [4.78, 5) is 25.0. The Morgan fingerprint density at radius 3 is 2.94 bits per heavy atom. The molecule has 1 rings (SSSR count).